The maximum atomic E-state index is 4.16. The summed E-state index contributed by atoms with van der Waals surface area (Å²) in [5, 5.41) is 0. The quantitative estimate of drug-likeness (QED) is 0.570. The van der Waals surface area contributed by atoms with Crippen LogP contribution in [0.5, 0.6) is 0 Å². The molecule has 2 heteroatoms. The highest BCUT2D eigenvalue weighted by molar-refractivity contribution is 5.12. The smallest absolute Gasteiger partial charge is 0.125 e. The molecule has 0 atom stereocenters. The van der Waals surface area contributed by atoms with Gasteiger partial charge < -0.3 is 0 Å². The van der Waals surface area contributed by atoms with E-state index >= 15 is 0 Å². The normalized spacial score (nSPS) is 8.45. The first-order valence-corrected chi connectivity index (χ1v) is 3.97. The second-order valence-corrected chi connectivity index (χ2v) is 2.19. The molecule has 0 bridgehead atoms. The first-order chi connectivity index (χ1) is 5.20. The second-order valence-electron chi connectivity index (χ2n) is 2.19. The lowest BCUT2D eigenvalue weighted by Crippen LogP contribution is -1.92. The van der Waals surface area contributed by atoms with E-state index in [1.807, 2.05) is 40.8 Å². The summed E-state index contributed by atoms with van der Waals surface area (Å²) in [6.45, 7) is 9.89. The molecule has 0 unspecified atom stereocenters. The molecule has 0 spiro atoms. The van der Waals surface area contributed by atoms with Gasteiger partial charge in [-0.2, -0.15) is 0 Å². The third kappa shape index (κ3) is 3.12. The standard InChI is InChI=1S/C7H10N2.C2H6/c1-5-4-8-7(3)9-6(5)2;1-2/h4H,1-3H3;1-2H3. The van der Waals surface area contributed by atoms with Gasteiger partial charge in [-0.05, 0) is 26.3 Å². The molecule has 0 saturated heterocycles. The van der Waals surface area contributed by atoms with E-state index in [4.69, 9.17) is 0 Å². The third-order valence-electron chi connectivity index (χ3n) is 1.35. The topological polar surface area (TPSA) is 25.8 Å². The lowest BCUT2D eigenvalue weighted by Gasteiger charge is -1.96. The van der Waals surface area contributed by atoms with Crippen molar-refractivity contribution in [1.82, 2.24) is 9.97 Å². The molecule has 1 aromatic heterocycles. The summed E-state index contributed by atoms with van der Waals surface area (Å²) in [5.74, 6) is 0.845. The van der Waals surface area contributed by atoms with E-state index in [2.05, 4.69) is 9.97 Å². The highest BCUT2D eigenvalue weighted by atomic mass is 14.9. The van der Waals surface area contributed by atoms with Crippen LogP contribution in [0.3, 0.4) is 0 Å². The van der Waals surface area contributed by atoms with E-state index in [0.717, 1.165) is 17.1 Å². The Morgan fingerprint density at radius 3 is 2.00 bits per heavy atom. The van der Waals surface area contributed by atoms with Crippen LogP contribution >= 0.6 is 0 Å². The van der Waals surface area contributed by atoms with Gasteiger partial charge in [0.05, 0.1) is 0 Å². The molecule has 62 valence electrons. The van der Waals surface area contributed by atoms with Crippen molar-refractivity contribution in [3.8, 4) is 0 Å². The molecule has 1 heterocycles. The predicted molar refractivity (Wildman–Crippen MR) is 47.6 cm³/mol. The molecule has 0 aliphatic rings. The summed E-state index contributed by atoms with van der Waals surface area (Å²) < 4.78 is 0. The van der Waals surface area contributed by atoms with E-state index in [9.17, 15) is 0 Å². The van der Waals surface area contributed by atoms with E-state index in [-0.39, 0.29) is 0 Å². The molecule has 0 aliphatic heterocycles. The van der Waals surface area contributed by atoms with Crippen LogP contribution in [0.2, 0.25) is 0 Å². The molecule has 2 nitrogen and oxygen atoms in total. The zero-order valence-electron chi connectivity index (χ0n) is 7.97. The van der Waals surface area contributed by atoms with Crippen molar-refractivity contribution in [3.05, 3.63) is 23.3 Å². The molecule has 0 aliphatic carbocycles. The Hall–Kier alpha value is -0.920. The molecular formula is C9H16N2. The second kappa shape index (κ2) is 4.83. The number of nitrogens with zero attached hydrogens (tertiary/aromatic N) is 2. The number of aryl methyl sites for hydroxylation is 3. The minimum absolute atomic E-state index is 0.845. The van der Waals surface area contributed by atoms with Gasteiger partial charge in [0.25, 0.3) is 0 Å². The highest BCUT2D eigenvalue weighted by Crippen LogP contribution is 1.99. The van der Waals surface area contributed by atoms with Crippen molar-refractivity contribution in [2.45, 2.75) is 34.6 Å². The van der Waals surface area contributed by atoms with Crippen molar-refractivity contribution in [2.75, 3.05) is 0 Å². The molecule has 0 saturated carbocycles. The van der Waals surface area contributed by atoms with Crippen LogP contribution in [0.4, 0.5) is 0 Å². The Morgan fingerprint density at radius 2 is 1.64 bits per heavy atom. The summed E-state index contributed by atoms with van der Waals surface area (Å²) in [4.78, 5) is 8.19. The monoisotopic (exact) mass is 152 g/mol. The first-order valence-electron chi connectivity index (χ1n) is 3.97. The largest absolute Gasteiger partial charge is 0.241 e. The van der Waals surface area contributed by atoms with Crippen molar-refractivity contribution in [3.63, 3.8) is 0 Å². The van der Waals surface area contributed by atoms with Crippen LogP contribution in [-0.4, -0.2) is 9.97 Å². The summed E-state index contributed by atoms with van der Waals surface area (Å²) in [7, 11) is 0. The maximum Gasteiger partial charge on any atom is 0.125 e. The van der Waals surface area contributed by atoms with E-state index < -0.39 is 0 Å². The fraction of sp³-hybridized carbons (Fsp3) is 0.556. The SMILES string of the molecule is CC.Cc1ncc(C)c(C)n1. The Kier molecular flexibility index (Phi) is 4.42. The Balaban J connectivity index is 0.000000461. The van der Waals surface area contributed by atoms with Crippen LogP contribution in [0.25, 0.3) is 0 Å². The minimum Gasteiger partial charge on any atom is -0.241 e. The van der Waals surface area contributed by atoms with Crippen molar-refractivity contribution in [2.24, 2.45) is 0 Å². The molecular weight excluding hydrogens is 136 g/mol. The van der Waals surface area contributed by atoms with Gasteiger partial charge in [-0.15, -0.1) is 0 Å². The van der Waals surface area contributed by atoms with Crippen molar-refractivity contribution < 1.29 is 0 Å². The fourth-order valence-electron chi connectivity index (χ4n) is 0.643. The molecule has 11 heavy (non-hydrogen) atoms. The Labute approximate surface area is 68.7 Å². The van der Waals surface area contributed by atoms with Gasteiger partial charge in [0.2, 0.25) is 0 Å². The summed E-state index contributed by atoms with van der Waals surface area (Å²) in [6.07, 6.45) is 1.84. The van der Waals surface area contributed by atoms with Gasteiger partial charge >= 0.3 is 0 Å². The van der Waals surface area contributed by atoms with Crippen molar-refractivity contribution >= 4 is 0 Å². The zero-order valence-corrected chi connectivity index (χ0v) is 7.97. The number of hydrogen-bond acceptors (Lipinski definition) is 2. The Morgan fingerprint density at radius 1 is 1.09 bits per heavy atom. The molecule has 0 radical (unpaired) electrons. The zero-order chi connectivity index (χ0) is 8.85. The fourth-order valence-corrected chi connectivity index (χ4v) is 0.643. The van der Waals surface area contributed by atoms with Gasteiger partial charge in [0, 0.05) is 11.9 Å². The number of hydrogen-bond donors (Lipinski definition) is 0. The molecule has 0 amide bonds. The predicted octanol–water partition coefficient (Wildman–Crippen LogP) is 2.43. The third-order valence-corrected chi connectivity index (χ3v) is 1.35. The summed E-state index contributed by atoms with van der Waals surface area (Å²) in [5.41, 5.74) is 2.23. The summed E-state index contributed by atoms with van der Waals surface area (Å²) >= 11 is 0. The molecule has 0 aromatic carbocycles. The number of aromatic nitrogens is 2. The Bertz CT molecular complexity index is 219. The molecule has 1 aromatic rings. The van der Waals surface area contributed by atoms with Crippen LogP contribution in [0, 0.1) is 20.8 Å². The van der Waals surface area contributed by atoms with E-state index in [1.54, 1.807) is 0 Å². The van der Waals surface area contributed by atoms with Gasteiger partial charge in [0.1, 0.15) is 5.82 Å². The lowest BCUT2D eigenvalue weighted by molar-refractivity contribution is 0.986. The maximum absolute atomic E-state index is 4.16. The minimum atomic E-state index is 0.845. The first kappa shape index (κ1) is 10.1. The van der Waals surface area contributed by atoms with Gasteiger partial charge in [-0.25, -0.2) is 9.97 Å². The molecule has 0 fully saturated rings. The van der Waals surface area contributed by atoms with Gasteiger partial charge in [0.15, 0.2) is 0 Å². The molecule has 0 N–H and O–H groups in total. The van der Waals surface area contributed by atoms with E-state index in [0.29, 0.717) is 0 Å². The summed E-state index contributed by atoms with van der Waals surface area (Å²) in [6, 6.07) is 0. The van der Waals surface area contributed by atoms with Crippen LogP contribution in [-0.2, 0) is 0 Å². The van der Waals surface area contributed by atoms with Gasteiger partial charge in [-0.3, -0.25) is 0 Å². The van der Waals surface area contributed by atoms with Crippen LogP contribution < -0.4 is 0 Å². The van der Waals surface area contributed by atoms with Crippen LogP contribution in [0.1, 0.15) is 30.9 Å². The highest BCUT2D eigenvalue weighted by Gasteiger charge is 1.91. The van der Waals surface area contributed by atoms with Gasteiger partial charge in [-0.1, -0.05) is 13.8 Å². The lowest BCUT2D eigenvalue weighted by atomic mass is 10.3. The average molecular weight is 152 g/mol. The van der Waals surface area contributed by atoms with E-state index in [1.165, 1.54) is 0 Å². The van der Waals surface area contributed by atoms with Crippen molar-refractivity contribution in [1.29, 1.82) is 0 Å². The average Bonchev–Trinajstić information content (AvgIpc) is 2.02. The molecule has 1 rings (SSSR count). The number of rotatable bonds is 0. The van der Waals surface area contributed by atoms with Crippen LogP contribution in [0.15, 0.2) is 6.20 Å².